The summed E-state index contributed by atoms with van der Waals surface area (Å²) in [5.74, 6) is 0.599. The van der Waals surface area contributed by atoms with Crippen molar-refractivity contribution < 1.29 is 4.39 Å². The minimum atomic E-state index is -0.123. The molecule has 1 aromatic carbocycles. The molecule has 1 heterocycles. The predicted octanol–water partition coefficient (Wildman–Crippen LogP) is 2.24. The topological polar surface area (TPSA) is 15.3 Å². The number of hydrogen-bond donors (Lipinski definition) is 1. The second-order valence-electron chi connectivity index (χ2n) is 4.46. The number of benzene rings is 1. The van der Waals surface area contributed by atoms with Crippen molar-refractivity contribution in [3.63, 3.8) is 0 Å². The summed E-state index contributed by atoms with van der Waals surface area (Å²) in [5.41, 5.74) is 0.754. The summed E-state index contributed by atoms with van der Waals surface area (Å²) in [6.07, 6.45) is 0. The van der Waals surface area contributed by atoms with Crippen molar-refractivity contribution in [2.24, 2.45) is 5.92 Å². The summed E-state index contributed by atoms with van der Waals surface area (Å²) >= 11 is 3.37. The van der Waals surface area contributed by atoms with E-state index in [0.29, 0.717) is 6.54 Å². The van der Waals surface area contributed by atoms with Gasteiger partial charge < -0.3 is 10.2 Å². The van der Waals surface area contributed by atoms with Gasteiger partial charge in [0.2, 0.25) is 0 Å². The van der Waals surface area contributed by atoms with Crippen LogP contribution in [0.2, 0.25) is 0 Å². The van der Waals surface area contributed by atoms with Gasteiger partial charge in [-0.05, 0) is 31.2 Å². The highest BCUT2D eigenvalue weighted by molar-refractivity contribution is 9.10. The molecule has 2 rings (SSSR count). The summed E-state index contributed by atoms with van der Waals surface area (Å²) in [5, 5.41) is 3.24. The van der Waals surface area contributed by atoms with Crippen LogP contribution in [-0.2, 0) is 6.54 Å². The largest absolute Gasteiger partial charge is 0.316 e. The molecule has 0 aliphatic carbocycles. The van der Waals surface area contributed by atoms with Crippen LogP contribution in [0.15, 0.2) is 22.7 Å². The number of nitrogens with zero attached hydrogens (tertiary/aromatic N) is 1. The Morgan fingerprint density at radius 2 is 2.25 bits per heavy atom. The van der Waals surface area contributed by atoms with Gasteiger partial charge >= 0.3 is 0 Å². The number of rotatable bonds is 4. The van der Waals surface area contributed by atoms with Crippen molar-refractivity contribution in [1.29, 1.82) is 0 Å². The highest BCUT2D eigenvalue weighted by Crippen LogP contribution is 2.17. The van der Waals surface area contributed by atoms with Gasteiger partial charge in [-0.3, -0.25) is 0 Å². The van der Waals surface area contributed by atoms with Crippen LogP contribution in [0.1, 0.15) is 5.56 Å². The van der Waals surface area contributed by atoms with Crippen molar-refractivity contribution in [2.45, 2.75) is 6.54 Å². The molecule has 16 heavy (non-hydrogen) atoms. The van der Waals surface area contributed by atoms with Crippen LogP contribution in [-0.4, -0.2) is 31.6 Å². The maximum absolute atomic E-state index is 13.5. The fourth-order valence-corrected chi connectivity index (χ4v) is 2.35. The van der Waals surface area contributed by atoms with Gasteiger partial charge in [0.15, 0.2) is 0 Å². The van der Waals surface area contributed by atoms with E-state index in [1.54, 1.807) is 6.07 Å². The molecule has 1 fully saturated rings. The van der Waals surface area contributed by atoms with E-state index in [1.165, 1.54) is 6.07 Å². The molecule has 0 bridgehead atoms. The Balaban J connectivity index is 1.93. The molecule has 0 unspecified atom stereocenters. The van der Waals surface area contributed by atoms with Crippen molar-refractivity contribution in [3.8, 4) is 0 Å². The smallest absolute Gasteiger partial charge is 0.127 e. The molecule has 0 amide bonds. The highest BCUT2D eigenvalue weighted by Gasteiger charge is 2.18. The van der Waals surface area contributed by atoms with Crippen molar-refractivity contribution in [3.05, 3.63) is 34.1 Å². The number of hydrogen-bond acceptors (Lipinski definition) is 2. The van der Waals surface area contributed by atoms with E-state index in [2.05, 4.69) is 26.1 Å². The molecule has 1 aliphatic rings. The van der Waals surface area contributed by atoms with Crippen LogP contribution in [0.25, 0.3) is 0 Å². The van der Waals surface area contributed by atoms with E-state index < -0.39 is 0 Å². The van der Waals surface area contributed by atoms with Gasteiger partial charge in [-0.25, -0.2) is 4.39 Å². The first kappa shape index (κ1) is 12.0. The van der Waals surface area contributed by atoms with Crippen LogP contribution in [0.5, 0.6) is 0 Å². The lowest BCUT2D eigenvalue weighted by Crippen LogP contribution is -2.47. The summed E-state index contributed by atoms with van der Waals surface area (Å²) in [4.78, 5) is 2.18. The number of nitrogens with one attached hydrogen (secondary N) is 1. The molecule has 1 saturated heterocycles. The van der Waals surface area contributed by atoms with Crippen LogP contribution in [0.4, 0.5) is 4.39 Å². The van der Waals surface area contributed by atoms with Crippen molar-refractivity contribution in [2.75, 3.05) is 26.7 Å². The molecule has 0 saturated carbocycles. The number of halogens is 2. The summed E-state index contributed by atoms with van der Waals surface area (Å²) in [7, 11) is 2.04. The van der Waals surface area contributed by atoms with Crippen molar-refractivity contribution >= 4 is 15.9 Å². The maximum atomic E-state index is 13.5. The molecule has 88 valence electrons. The van der Waals surface area contributed by atoms with Crippen LogP contribution in [0, 0.1) is 11.7 Å². The van der Waals surface area contributed by atoms with Gasteiger partial charge in [0.05, 0.1) is 0 Å². The normalized spacial score (nSPS) is 16.5. The molecule has 4 heteroatoms. The van der Waals surface area contributed by atoms with Crippen LogP contribution < -0.4 is 5.32 Å². The summed E-state index contributed by atoms with van der Waals surface area (Å²) in [6, 6.07) is 5.09. The quantitative estimate of drug-likeness (QED) is 0.913. The summed E-state index contributed by atoms with van der Waals surface area (Å²) in [6.45, 7) is 3.87. The molecular weight excluding hydrogens is 271 g/mol. The molecule has 1 N–H and O–H groups in total. The standard InChI is InChI=1S/C12H16BrFN2/c1-16(7-9-5-15-6-9)8-10-4-11(13)2-3-12(10)14/h2-4,9,15H,5-8H2,1H3. The molecule has 1 aliphatic heterocycles. The van der Waals surface area contributed by atoms with Crippen molar-refractivity contribution in [1.82, 2.24) is 10.2 Å². The van der Waals surface area contributed by atoms with Gasteiger partial charge in [0.1, 0.15) is 5.82 Å². The van der Waals surface area contributed by atoms with E-state index in [-0.39, 0.29) is 5.82 Å². The molecule has 0 aromatic heterocycles. The fourth-order valence-electron chi connectivity index (χ4n) is 1.94. The molecular formula is C12H16BrFN2. The van der Waals surface area contributed by atoms with Crippen LogP contribution >= 0.6 is 15.9 Å². The zero-order valence-electron chi connectivity index (χ0n) is 9.34. The van der Waals surface area contributed by atoms with Gasteiger partial charge in [-0.15, -0.1) is 0 Å². The first-order chi connectivity index (χ1) is 7.65. The molecule has 0 spiro atoms. The Hall–Kier alpha value is -0.450. The SMILES string of the molecule is CN(Cc1cc(Br)ccc1F)CC1CNC1. The highest BCUT2D eigenvalue weighted by atomic mass is 79.9. The molecule has 0 atom stereocenters. The predicted molar refractivity (Wildman–Crippen MR) is 66.8 cm³/mol. The Labute approximate surface area is 104 Å². The monoisotopic (exact) mass is 286 g/mol. The minimum Gasteiger partial charge on any atom is -0.316 e. The van der Waals surface area contributed by atoms with Gasteiger partial charge in [0.25, 0.3) is 0 Å². The second kappa shape index (κ2) is 5.25. The zero-order valence-corrected chi connectivity index (χ0v) is 10.9. The molecule has 2 nitrogen and oxygen atoms in total. The lowest BCUT2D eigenvalue weighted by atomic mass is 10.0. The Bertz CT molecular complexity index is 366. The minimum absolute atomic E-state index is 0.123. The zero-order chi connectivity index (χ0) is 11.5. The average molecular weight is 287 g/mol. The third-order valence-electron chi connectivity index (χ3n) is 2.88. The van der Waals surface area contributed by atoms with Gasteiger partial charge in [0, 0.05) is 36.2 Å². The second-order valence-corrected chi connectivity index (χ2v) is 5.37. The van der Waals surface area contributed by atoms with E-state index in [0.717, 1.165) is 35.6 Å². The Morgan fingerprint density at radius 1 is 1.50 bits per heavy atom. The Morgan fingerprint density at radius 3 is 2.88 bits per heavy atom. The fraction of sp³-hybridized carbons (Fsp3) is 0.500. The first-order valence-corrected chi connectivity index (χ1v) is 6.27. The van der Waals surface area contributed by atoms with Gasteiger partial charge in [-0.1, -0.05) is 15.9 Å². The average Bonchev–Trinajstić information content (AvgIpc) is 2.18. The lowest BCUT2D eigenvalue weighted by Gasteiger charge is -2.31. The van der Waals surface area contributed by atoms with E-state index in [4.69, 9.17) is 0 Å². The first-order valence-electron chi connectivity index (χ1n) is 5.48. The molecule has 1 aromatic rings. The van der Waals surface area contributed by atoms with Crippen LogP contribution in [0.3, 0.4) is 0 Å². The van der Waals surface area contributed by atoms with E-state index in [9.17, 15) is 4.39 Å². The molecule has 0 radical (unpaired) electrons. The van der Waals surface area contributed by atoms with E-state index >= 15 is 0 Å². The van der Waals surface area contributed by atoms with Gasteiger partial charge in [-0.2, -0.15) is 0 Å². The Kier molecular flexibility index (Phi) is 3.95. The third kappa shape index (κ3) is 3.03. The maximum Gasteiger partial charge on any atom is 0.127 e. The third-order valence-corrected chi connectivity index (χ3v) is 3.38. The summed E-state index contributed by atoms with van der Waals surface area (Å²) < 4.78 is 14.4. The van der Waals surface area contributed by atoms with E-state index in [1.807, 2.05) is 13.1 Å². The lowest BCUT2D eigenvalue weighted by molar-refractivity contribution is 0.217.